The van der Waals surface area contributed by atoms with E-state index in [1.54, 1.807) is 16.8 Å². The molecule has 0 radical (unpaired) electrons. The van der Waals surface area contributed by atoms with Gasteiger partial charge in [0.25, 0.3) is 5.56 Å². The van der Waals surface area contributed by atoms with E-state index in [-0.39, 0.29) is 5.56 Å². The lowest BCUT2D eigenvalue weighted by molar-refractivity contribution is 0.538. The third-order valence-electron chi connectivity index (χ3n) is 3.08. The van der Waals surface area contributed by atoms with Crippen LogP contribution in [0.5, 0.6) is 0 Å². The maximum absolute atomic E-state index is 11.6. The predicted molar refractivity (Wildman–Crippen MR) is 76.0 cm³/mol. The fourth-order valence-electron chi connectivity index (χ4n) is 2.13. The van der Waals surface area contributed by atoms with Crippen molar-refractivity contribution in [1.29, 1.82) is 0 Å². The van der Waals surface area contributed by atoms with E-state index in [1.165, 1.54) is 6.07 Å². The molecule has 0 saturated heterocycles. The maximum Gasteiger partial charge on any atom is 0.250 e. The molecular formula is C14H20N4O. The lowest BCUT2D eigenvalue weighted by Gasteiger charge is -2.09. The number of nitrogens with zero attached hydrogens (tertiary/aromatic N) is 3. The molecule has 0 unspecified atom stereocenters. The number of hydrogen-bond donors (Lipinski definition) is 1. The largest absolute Gasteiger partial charge is 0.398 e. The van der Waals surface area contributed by atoms with Gasteiger partial charge in [0.05, 0.1) is 0 Å². The van der Waals surface area contributed by atoms with Crippen molar-refractivity contribution in [3.8, 4) is 0 Å². The van der Waals surface area contributed by atoms with Gasteiger partial charge in [-0.15, -0.1) is 0 Å². The zero-order valence-electron chi connectivity index (χ0n) is 11.2. The van der Waals surface area contributed by atoms with Gasteiger partial charge in [-0.05, 0) is 18.9 Å². The Morgan fingerprint density at radius 2 is 2.05 bits per heavy atom. The molecule has 0 aliphatic heterocycles. The van der Waals surface area contributed by atoms with Crippen LogP contribution in [-0.4, -0.2) is 14.1 Å². The fourth-order valence-corrected chi connectivity index (χ4v) is 2.13. The van der Waals surface area contributed by atoms with Crippen molar-refractivity contribution in [2.45, 2.75) is 39.3 Å². The molecule has 2 rings (SSSR count). The van der Waals surface area contributed by atoms with Gasteiger partial charge >= 0.3 is 0 Å². The van der Waals surface area contributed by atoms with Crippen molar-refractivity contribution >= 4 is 5.69 Å². The Labute approximate surface area is 112 Å². The highest BCUT2D eigenvalue weighted by Crippen LogP contribution is 2.04. The van der Waals surface area contributed by atoms with Gasteiger partial charge in [-0.25, -0.2) is 4.98 Å². The number of pyridine rings is 1. The maximum atomic E-state index is 11.6. The summed E-state index contributed by atoms with van der Waals surface area (Å²) in [6, 6.07) is 3.14. The molecule has 102 valence electrons. The highest BCUT2D eigenvalue weighted by Gasteiger charge is 2.02. The Morgan fingerprint density at radius 1 is 1.26 bits per heavy atom. The molecule has 5 heteroatoms. The summed E-state index contributed by atoms with van der Waals surface area (Å²) in [6.45, 7) is 3.69. The topological polar surface area (TPSA) is 65.8 Å². The van der Waals surface area contributed by atoms with E-state index < -0.39 is 0 Å². The Balaban J connectivity index is 1.94. The molecule has 0 spiro atoms. The second-order valence-corrected chi connectivity index (χ2v) is 4.63. The number of aryl methyl sites for hydroxylation is 3. The number of aromatic nitrogens is 3. The van der Waals surface area contributed by atoms with Gasteiger partial charge in [0.2, 0.25) is 0 Å². The average Bonchev–Trinajstić information content (AvgIpc) is 2.82. The Bertz CT molecular complexity index is 585. The molecule has 0 atom stereocenters. The van der Waals surface area contributed by atoms with Crippen LogP contribution < -0.4 is 11.3 Å². The molecule has 2 aromatic rings. The SMILES string of the molecule is CCCc1nccn1CCCn1cc(N)ccc1=O. The van der Waals surface area contributed by atoms with Crippen molar-refractivity contribution in [2.75, 3.05) is 5.73 Å². The molecular weight excluding hydrogens is 240 g/mol. The van der Waals surface area contributed by atoms with Crippen molar-refractivity contribution < 1.29 is 0 Å². The first-order chi connectivity index (χ1) is 9.20. The summed E-state index contributed by atoms with van der Waals surface area (Å²) in [5, 5.41) is 0. The molecule has 0 bridgehead atoms. The first kappa shape index (κ1) is 13.4. The minimum atomic E-state index is -0.00591. The first-order valence-corrected chi connectivity index (χ1v) is 6.66. The van der Waals surface area contributed by atoms with E-state index in [0.717, 1.165) is 31.6 Å². The lowest BCUT2D eigenvalue weighted by Crippen LogP contribution is -2.19. The Hall–Kier alpha value is -2.04. The van der Waals surface area contributed by atoms with E-state index in [9.17, 15) is 4.79 Å². The van der Waals surface area contributed by atoms with E-state index in [0.29, 0.717) is 12.2 Å². The molecule has 0 saturated carbocycles. The van der Waals surface area contributed by atoms with E-state index in [1.807, 2.05) is 12.4 Å². The molecule has 0 aliphatic carbocycles. The zero-order valence-corrected chi connectivity index (χ0v) is 11.2. The van der Waals surface area contributed by atoms with Crippen LogP contribution >= 0.6 is 0 Å². The second-order valence-electron chi connectivity index (χ2n) is 4.63. The minimum absolute atomic E-state index is 0.00591. The summed E-state index contributed by atoms with van der Waals surface area (Å²) < 4.78 is 3.81. The number of anilines is 1. The summed E-state index contributed by atoms with van der Waals surface area (Å²) in [6.07, 6.45) is 8.49. The van der Waals surface area contributed by atoms with Crippen molar-refractivity contribution in [3.63, 3.8) is 0 Å². The lowest BCUT2D eigenvalue weighted by atomic mass is 10.3. The summed E-state index contributed by atoms with van der Waals surface area (Å²) >= 11 is 0. The number of hydrogen-bond acceptors (Lipinski definition) is 3. The molecule has 0 fully saturated rings. The summed E-state index contributed by atoms with van der Waals surface area (Å²) in [5.74, 6) is 1.11. The van der Waals surface area contributed by atoms with E-state index in [4.69, 9.17) is 5.73 Å². The molecule has 2 N–H and O–H groups in total. The van der Waals surface area contributed by atoms with Crippen molar-refractivity contribution in [1.82, 2.24) is 14.1 Å². The van der Waals surface area contributed by atoms with Gasteiger partial charge in [0.15, 0.2) is 0 Å². The monoisotopic (exact) mass is 260 g/mol. The molecule has 19 heavy (non-hydrogen) atoms. The van der Waals surface area contributed by atoms with Crippen molar-refractivity contribution in [3.05, 3.63) is 46.9 Å². The van der Waals surface area contributed by atoms with Gasteiger partial charge < -0.3 is 14.9 Å². The average molecular weight is 260 g/mol. The standard InChI is InChI=1S/C14H20N4O/c1-2-4-13-16-7-10-17(13)8-3-9-18-11-12(15)5-6-14(18)19/h5-7,10-11H,2-4,8-9,15H2,1H3. The van der Waals surface area contributed by atoms with Gasteiger partial charge in [-0.3, -0.25) is 4.79 Å². The molecule has 0 aromatic carbocycles. The molecule has 2 heterocycles. The third kappa shape index (κ3) is 3.47. The van der Waals surface area contributed by atoms with Crippen molar-refractivity contribution in [2.24, 2.45) is 0 Å². The van der Waals surface area contributed by atoms with Gasteiger partial charge in [-0.2, -0.15) is 0 Å². The third-order valence-corrected chi connectivity index (χ3v) is 3.08. The van der Waals surface area contributed by atoms with E-state index in [2.05, 4.69) is 16.5 Å². The van der Waals surface area contributed by atoms with Crippen LogP contribution in [0.4, 0.5) is 5.69 Å². The molecule has 0 aliphatic rings. The number of nitrogen functional groups attached to an aromatic ring is 1. The molecule has 0 amide bonds. The van der Waals surface area contributed by atoms with Crippen LogP contribution in [-0.2, 0) is 19.5 Å². The number of imidazole rings is 1. The number of nitrogens with two attached hydrogens (primary N) is 1. The van der Waals surface area contributed by atoms with Crippen LogP contribution in [0.1, 0.15) is 25.6 Å². The van der Waals surface area contributed by atoms with Gasteiger partial charge in [-0.1, -0.05) is 6.92 Å². The second kappa shape index (κ2) is 6.22. The Kier molecular flexibility index (Phi) is 4.39. The predicted octanol–water partition coefficient (Wildman–Crippen LogP) is 1.67. The van der Waals surface area contributed by atoms with Gasteiger partial charge in [0.1, 0.15) is 5.82 Å². The summed E-state index contributed by atoms with van der Waals surface area (Å²) in [7, 11) is 0. The summed E-state index contributed by atoms with van der Waals surface area (Å²) in [4.78, 5) is 16.0. The van der Waals surface area contributed by atoms with Crippen LogP contribution in [0.25, 0.3) is 0 Å². The Morgan fingerprint density at radius 3 is 2.84 bits per heavy atom. The van der Waals surface area contributed by atoms with Crippen LogP contribution in [0.2, 0.25) is 0 Å². The highest BCUT2D eigenvalue weighted by molar-refractivity contribution is 5.33. The normalized spacial score (nSPS) is 10.8. The van der Waals surface area contributed by atoms with E-state index >= 15 is 0 Å². The smallest absolute Gasteiger partial charge is 0.250 e. The molecule has 5 nitrogen and oxygen atoms in total. The first-order valence-electron chi connectivity index (χ1n) is 6.66. The van der Waals surface area contributed by atoms with Crippen LogP contribution in [0, 0.1) is 0 Å². The minimum Gasteiger partial charge on any atom is -0.398 e. The fraction of sp³-hybridized carbons (Fsp3) is 0.429. The number of rotatable bonds is 6. The summed E-state index contributed by atoms with van der Waals surface area (Å²) in [5.41, 5.74) is 6.30. The zero-order chi connectivity index (χ0) is 13.7. The highest BCUT2D eigenvalue weighted by atomic mass is 16.1. The van der Waals surface area contributed by atoms with Gasteiger partial charge in [0, 0.05) is 49.9 Å². The quantitative estimate of drug-likeness (QED) is 0.859. The molecule has 2 aromatic heterocycles. The van der Waals surface area contributed by atoms with Crippen LogP contribution in [0.3, 0.4) is 0 Å². The van der Waals surface area contributed by atoms with Crippen LogP contribution in [0.15, 0.2) is 35.5 Å².